The van der Waals surface area contributed by atoms with Gasteiger partial charge in [0.2, 0.25) is 5.72 Å². The van der Waals surface area contributed by atoms with Gasteiger partial charge >= 0.3 is 5.97 Å². The standard InChI is InChI=1S/C15H15N5O3S/c21-14(22)15(6-2-7-16-15)23-9-10-4-5-12-17-18-13(20(12)19-10)11-3-1-8-24-11/h1,3-5,8,16H,2,6-7,9H2,(H,21,22)/t15-/m1/s1. The predicted molar refractivity (Wildman–Crippen MR) is 86.5 cm³/mol. The fourth-order valence-corrected chi connectivity index (χ4v) is 3.44. The minimum Gasteiger partial charge on any atom is -0.478 e. The lowest BCUT2D eigenvalue weighted by Gasteiger charge is -2.24. The quantitative estimate of drug-likeness (QED) is 0.723. The summed E-state index contributed by atoms with van der Waals surface area (Å²) in [5.41, 5.74) is -0.0658. The molecule has 0 radical (unpaired) electrons. The number of ether oxygens (including phenoxy) is 1. The van der Waals surface area contributed by atoms with Crippen LogP contribution in [0.2, 0.25) is 0 Å². The Labute approximate surface area is 141 Å². The number of carboxylic acids is 1. The molecule has 0 bridgehead atoms. The topological polar surface area (TPSA) is 102 Å². The molecule has 3 aromatic rings. The molecule has 124 valence electrons. The summed E-state index contributed by atoms with van der Waals surface area (Å²) in [7, 11) is 0. The Morgan fingerprint density at radius 1 is 1.42 bits per heavy atom. The van der Waals surface area contributed by atoms with Crippen LogP contribution in [0, 0.1) is 0 Å². The molecule has 0 aliphatic carbocycles. The van der Waals surface area contributed by atoms with Crippen LogP contribution in [0.5, 0.6) is 0 Å². The molecule has 1 aliphatic rings. The summed E-state index contributed by atoms with van der Waals surface area (Å²) < 4.78 is 7.32. The molecule has 4 heterocycles. The van der Waals surface area contributed by atoms with Crippen molar-refractivity contribution < 1.29 is 14.6 Å². The predicted octanol–water partition coefficient (Wildman–Crippen LogP) is 1.53. The number of carboxylic acid groups (broad SMARTS) is 1. The molecule has 24 heavy (non-hydrogen) atoms. The largest absolute Gasteiger partial charge is 0.478 e. The normalized spacial score (nSPS) is 20.7. The Balaban J connectivity index is 1.61. The highest BCUT2D eigenvalue weighted by Crippen LogP contribution is 2.24. The number of hydrogen-bond donors (Lipinski definition) is 2. The summed E-state index contributed by atoms with van der Waals surface area (Å²) >= 11 is 1.56. The zero-order valence-electron chi connectivity index (χ0n) is 12.7. The summed E-state index contributed by atoms with van der Waals surface area (Å²) in [5.74, 6) is -0.335. The average molecular weight is 345 g/mol. The number of fused-ring (bicyclic) bond motifs is 1. The Kier molecular flexibility index (Phi) is 3.75. The Hall–Kier alpha value is -2.36. The fourth-order valence-electron chi connectivity index (χ4n) is 2.74. The maximum absolute atomic E-state index is 11.5. The maximum Gasteiger partial charge on any atom is 0.351 e. The van der Waals surface area contributed by atoms with E-state index in [9.17, 15) is 9.90 Å². The second-order valence-electron chi connectivity index (χ2n) is 5.55. The maximum atomic E-state index is 11.5. The Morgan fingerprint density at radius 2 is 2.33 bits per heavy atom. The molecule has 1 aliphatic heterocycles. The number of aromatic nitrogens is 4. The van der Waals surface area contributed by atoms with E-state index >= 15 is 0 Å². The van der Waals surface area contributed by atoms with Gasteiger partial charge in [0.25, 0.3) is 0 Å². The van der Waals surface area contributed by atoms with Crippen molar-refractivity contribution in [3.05, 3.63) is 35.3 Å². The second-order valence-corrected chi connectivity index (χ2v) is 6.49. The molecule has 3 aromatic heterocycles. The molecule has 0 aromatic carbocycles. The van der Waals surface area contributed by atoms with Crippen molar-refractivity contribution in [3.8, 4) is 10.7 Å². The van der Waals surface area contributed by atoms with Crippen LogP contribution < -0.4 is 5.32 Å². The van der Waals surface area contributed by atoms with Crippen LogP contribution in [0.3, 0.4) is 0 Å². The van der Waals surface area contributed by atoms with Gasteiger partial charge in [-0.15, -0.1) is 21.5 Å². The van der Waals surface area contributed by atoms with E-state index in [0.29, 0.717) is 30.1 Å². The van der Waals surface area contributed by atoms with Crippen LogP contribution in [0.4, 0.5) is 0 Å². The van der Waals surface area contributed by atoms with E-state index in [1.807, 2.05) is 17.5 Å². The summed E-state index contributed by atoms with van der Waals surface area (Å²) in [6.07, 6.45) is 1.21. The van der Waals surface area contributed by atoms with Crippen LogP contribution in [-0.4, -0.2) is 43.2 Å². The molecule has 0 amide bonds. The van der Waals surface area contributed by atoms with Gasteiger partial charge in [-0.3, -0.25) is 5.32 Å². The van der Waals surface area contributed by atoms with E-state index in [1.54, 1.807) is 28.0 Å². The van der Waals surface area contributed by atoms with Crippen molar-refractivity contribution in [1.82, 2.24) is 25.1 Å². The lowest BCUT2D eigenvalue weighted by Crippen LogP contribution is -2.49. The van der Waals surface area contributed by atoms with E-state index in [4.69, 9.17) is 4.74 Å². The lowest BCUT2D eigenvalue weighted by molar-refractivity contribution is -0.171. The van der Waals surface area contributed by atoms with Gasteiger partial charge < -0.3 is 9.84 Å². The van der Waals surface area contributed by atoms with Gasteiger partial charge in [0, 0.05) is 6.42 Å². The first kappa shape index (κ1) is 15.2. The number of thiophene rings is 1. The molecule has 1 saturated heterocycles. The Morgan fingerprint density at radius 3 is 3.04 bits per heavy atom. The molecule has 1 fully saturated rings. The molecule has 0 unspecified atom stereocenters. The van der Waals surface area contributed by atoms with E-state index in [0.717, 1.165) is 11.3 Å². The number of nitrogens with one attached hydrogen (secondary N) is 1. The van der Waals surface area contributed by atoms with Gasteiger partial charge in [-0.2, -0.15) is 9.61 Å². The van der Waals surface area contributed by atoms with E-state index in [2.05, 4.69) is 20.6 Å². The van der Waals surface area contributed by atoms with Crippen molar-refractivity contribution >= 4 is 23.0 Å². The second kappa shape index (κ2) is 5.93. The minimum absolute atomic E-state index is 0.0945. The van der Waals surface area contributed by atoms with Crippen LogP contribution in [0.15, 0.2) is 29.6 Å². The van der Waals surface area contributed by atoms with Gasteiger partial charge in [0.15, 0.2) is 11.5 Å². The summed E-state index contributed by atoms with van der Waals surface area (Å²) in [6.45, 7) is 0.726. The average Bonchev–Trinajstić information content (AvgIpc) is 3.32. The first-order valence-corrected chi connectivity index (χ1v) is 8.43. The van der Waals surface area contributed by atoms with Crippen LogP contribution in [0.25, 0.3) is 16.3 Å². The van der Waals surface area contributed by atoms with E-state index in [-0.39, 0.29) is 6.61 Å². The number of aliphatic carboxylic acids is 1. The van der Waals surface area contributed by atoms with Crippen molar-refractivity contribution in [2.24, 2.45) is 0 Å². The highest BCUT2D eigenvalue weighted by Gasteiger charge is 2.42. The third-order valence-electron chi connectivity index (χ3n) is 3.99. The fraction of sp³-hybridized carbons (Fsp3) is 0.333. The summed E-state index contributed by atoms with van der Waals surface area (Å²) in [6, 6.07) is 7.46. The number of rotatable bonds is 5. The van der Waals surface area contributed by atoms with E-state index in [1.165, 1.54) is 0 Å². The third-order valence-corrected chi connectivity index (χ3v) is 4.85. The van der Waals surface area contributed by atoms with E-state index < -0.39 is 11.7 Å². The van der Waals surface area contributed by atoms with Crippen molar-refractivity contribution in [2.45, 2.75) is 25.2 Å². The summed E-state index contributed by atoms with van der Waals surface area (Å²) in [4.78, 5) is 12.5. The lowest BCUT2D eigenvalue weighted by atomic mass is 10.1. The van der Waals surface area contributed by atoms with Gasteiger partial charge in [-0.25, -0.2) is 4.79 Å². The zero-order chi connectivity index (χ0) is 16.6. The smallest absolute Gasteiger partial charge is 0.351 e. The van der Waals surface area contributed by atoms with Gasteiger partial charge in [0.1, 0.15) is 0 Å². The van der Waals surface area contributed by atoms with Crippen LogP contribution >= 0.6 is 11.3 Å². The SMILES string of the molecule is O=C(O)[C@]1(OCc2ccc3nnc(-c4cccs4)n3n2)CCCN1. The molecule has 8 nitrogen and oxygen atoms in total. The molecule has 0 saturated carbocycles. The van der Waals surface area contributed by atoms with Crippen LogP contribution in [0.1, 0.15) is 18.5 Å². The minimum atomic E-state index is -1.32. The molecule has 1 atom stereocenters. The molecule has 4 rings (SSSR count). The highest BCUT2D eigenvalue weighted by atomic mass is 32.1. The molecule has 9 heteroatoms. The van der Waals surface area contributed by atoms with Gasteiger partial charge in [0.05, 0.1) is 17.2 Å². The Bertz CT molecular complexity index is 871. The van der Waals surface area contributed by atoms with Crippen molar-refractivity contribution in [2.75, 3.05) is 6.54 Å². The van der Waals surface area contributed by atoms with Crippen LogP contribution in [-0.2, 0) is 16.1 Å². The monoisotopic (exact) mass is 345 g/mol. The van der Waals surface area contributed by atoms with Crippen molar-refractivity contribution in [1.29, 1.82) is 0 Å². The number of carbonyl (C=O) groups is 1. The van der Waals surface area contributed by atoms with Gasteiger partial charge in [-0.1, -0.05) is 6.07 Å². The first-order valence-electron chi connectivity index (χ1n) is 7.56. The number of nitrogens with zero attached hydrogens (tertiary/aromatic N) is 4. The molecular formula is C15H15N5O3S. The summed E-state index contributed by atoms with van der Waals surface area (Å²) in [5, 5.41) is 27.1. The molecule has 0 spiro atoms. The third kappa shape index (κ3) is 2.56. The van der Waals surface area contributed by atoms with Crippen molar-refractivity contribution in [3.63, 3.8) is 0 Å². The van der Waals surface area contributed by atoms with Gasteiger partial charge in [-0.05, 0) is 36.5 Å². The first-order chi connectivity index (χ1) is 11.7. The zero-order valence-corrected chi connectivity index (χ0v) is 13.5. The number of hydrogen-bond acceptors (Lipinski definition) is 7. The highest BCUT2D eigenvalue weighted by molar-refractivity contribution is 7.13. The molecule has 2 N–H and O–H groups in total. The molecular weight excluding hydrogens is 330 g/mol.